The molecule has 6 nitrogen and oxygen atoms in total. The molecule has 0 aliphatic carbocycles. The monoisotopic (exact) mass is 206 g/mol. The molecule has 14 heavy (non-hydrogen) atoms. The summed E-state index contributed by atoms with van der Waals surface area (Å²) in [7, 11) is 0. The normalized spacial score (nSPS) is 38.0. The zero-order valence-corrected chi connectivity index (χ0v) is 7.79. The van der Waals surface area contributed by atoms with Crippen molar-refractivity contribution in [2.24, 2.45) is 0 Å². The fraction of sp³-hybridized carbons (Fsp3) is 0.875. The molecule has 0 aromatic heterocycles. The van der Waals surface area contributed by atoms with Gasteiger partial charge in [0, 0.05) is 6.92 Å². The molecule has 0 bridgehead atoms. The molecule has 0 amide bonds. The van der Waals surface area contributed by atoms with Crippen LogP contribution in [0.1, 0.15) is 6.92 Å². The van der Waals surface area contributed by atoms with Crippen LogP contribution < -0.4 is 0 Å². The number of carbonyl (C=O) groups is 1. The largest absolute Gasteiger partial charge is 0.457 e. The quantitative estimate of drug-likeness (QED) is 0.454. The summed E-state index contributed by atoms with van der Waals surface area (Å²) in [6, 6.07) is 0. The lowest BCUT2D eigenvalue weighted by atomic mass is 10.0. The molecule has 0 unspecified atom stereocenters. The van der Waals surface area contributed by atoms with Gasteiger partial charge in [-0.25, -0.2) is 0 Å². The van der Waals surface area contributed by atoms with E-state index in [4.69, 9.17) is 14.6 Å². The minimum absolute atomic E-state index is 0.0248. The topological polar surface area (TPSA) is 96.2 Å². The molecular formula is C8H14O6. The van der Waals surface area contributed by atoms with Crippen molar-refractivity contribution in [1.29, 1.82) is 0 Å². The molecule has 1 heterocycles. The highest BCUT2D eigenvalue weighted by Crippen LogP contribution is 2.17. The summed E-state index contributed by atoms with van der Waals surface area (Å²) in [5, 5.41) is 27.6. The van der Waals surface area contributed by atoms with E-state index >= 15 is 0 Å². The summed E-state index contributed by atoms with van der Waals surface area (Å²) in [5.41, 5.74) is 0. The van der Waals surface area contributed by atoms with Gasteiger partial charge in [-0.15, -0.1) is 0 Å². The van der Waals surface area contributed by atoms with Gasteiger partial charge in [0.25, 0.3) is 0 Å². The number of hydrogen-bond donors (Lipinski definition) is 3. The molecule has 0 aromatic carbocycles. The summed E-state index contributed by atoms with van der Waals surface area (Å²) in [4.78, 5) is 10.6. The smallest absolute Gasteiger partial charge is 0.303 e. The van der Waals surface area contributed by atoms with E-state index in [1.54, 1.807) is 0 Å². The molecule has 0 aromatic rings. The first-order valence-corrected chi connectivity index (χ1v) is 4.32. The number of hydrogen-bond acceptors (Lipinski definition) is 6. The average Bonchev–Trinajstić information content (AvgIpc) is 2.13. The van der Waals surface area contributed by atoms with Crippen LogP contribution in [0.25, 0.3) is 0 Å². The number of esters is 1. The maximum atomic E-state index is 10.6. The second-order valence-corrected chi connectivity index (χ2v) is 3.18. The molecule has 0 radical (unpaired) electrons. The molecule has 6 heteroatoms. The van der Waals surface area contributed by atoms with Gasteiger partial charge in [0.2, 0.25) is 0 Å². The summed E-state index contributed by atoms with van der Waals surface area (Å²) < 4.78 is 9.70. The van der Waals surface area contributed by atoms with E-state index in [-0.39, 0.29) is 13.2 Å². The van der Waals surface area contributed by atoms with Gasteiger partial charge in [-0.2, -0.15) is 0 Å². The van der Waals surface area contributed by atoms with E-state index in [0.29, 0.717) is 0 Å². The van der Waals surface area contributed by atoms with E-state index in [0.717, 1.165) is 0 Å². The third-order valence-corrected chi connectivity index (χ3v) is 2.08. The Morgan fingerprint density at radius 2 is 2.14 bits per heavy atom. The van der Waals surface area contributed by atoms with Gasteiger partial charge in [-0.3, -0.25) is 4.79 Å². The number of ether oxygens (including phenoxy) is 2. The van der Waals surface area contributed by atoms with Gasteiger partial charge in [-0.05, 0) is 0 Å². The van der Waals surface area contributed by atoms with Crippen molar-refractivity contribution < 1.29 is 29.6 Å². The Labute approximate surface area is 81.1 Å². The summed E-state index contributed by atoms with van der Waals surface area (Å²) in [6.07, 6.45) is -4.15. The Kier molecular flexibility index (Phi) is 3.82. The molecule has 0 saturated carbocycles. The van der Waals surface area contributed by atoms with Gasteiger partial charge in [0.1, 0.15) is 18.3 Å². The maximum absolute atomic E-state index is 10.6. The van der Waals surface area contributed by atoms with Gasteiger partial charge in [0.15, 0.2) is 6.10 Å². The van der Waals surface area contributed by atoms with Crippen LogP contribution in [-0.4, -0.2) is 58.9 Å². The summed E-state index contributed by atoms with van der Waals surface area (Å²) in [6.45, 7) is 0.797. The van der Waals surface area contributed by atoms with Gasteiger partial charge in [0.05, 0.1) is 13.2 Å². The first kappa shape index (κ1) is 11.4. The molecule has 1 fully saturated rings. The molecule has 1 aliphatic heterocycles. The lowest BCUT2D eigenvalue weighted by molar-refractivity contribution is -0.209. The molecule has 82 valence electrons. The van der Waals surface area contributed by atoms with Crippen molar-refractivity contribution in [3.8, 4) is 0 Å². The molecule has 4 atom stereocenters. The Balaban J connectivity index is 2.54. The first-order chi connectivity index (χ1) is 6.56. The molecule has 1 saturated heterocycles. The molecule has 1 aliphatic rings. The second-order valence-electron chi connectivity index (χ2n) is 3.18. The highest BCUT2D eigenvalue weighted by atomic mass is 16.6. The van der Waals surface area contributed by atoms with E-state index in [9.17, 15) is 15.0 Å². The van der Waals surface area contributed by atoms with E-state index in [1.807, 2.05) is 0 Å². The molecule has 3 N–H and O–H groups in total. The molecule has 0 spiro atoms. The van der Waals surface area contributed by atoms with Gasteiger partial charge >= 0.3 is 5.97 Å². The third-order valence-electron chi connectivity index (χ3n) is 2.08. The van der Waals surface area contributed by atoms with Gasteiger partial charge in [-0.1, -0.05) is 0 Å². The summed E-state index contributed by atoms with van der Waals surface area (Å²) in [5.74, 6) is -0.549. The van der Waals surface area contributed by atoms with Gasteiger partial charge < -0.3 is 24.8 Å². The lowest BCUT2D eigenvalue weighted by Crippen LogP contribution is -2.55. The Morgan fingerprint density at radius 1 is 1.50 bits per heavy atom. The Bertz CT molecular complexity index is 206. The van der Waals surface area contributed by atoms with Crippen LogP contribution in [0.5, 0.6) is 0 Å². The minimum Gasteiger partial charge on any atom is -0.457 e. The van der Waals surface area contributed by atoms with Crippen molar-refractivity contribution in [3.63, 3.8) is 0 Å². The maximum Gasteiger partial charge on any atom is 0.303 e. The second kappa shape index (κ2) is 4.70. The Hall–Kier alpha value is -0.690. The molecular weight excluding hydrogens is 192 g/mol. The Morgan fingerprint density at radius 3 is 2.64 bits per heavy atom. The van der Waals surface area contributed by atoms with Crippen LogP contribution in [0.4, 0.5) is 0 Å². The van der Waals surface area contributed by atoms with Crippen LogP contribution in [-0.2, 0) is 14.3 Å². The third kappa shape index (κ3) is 2.42. The highest BCUT2D eigenvalue weighted by molar-refractivity contribution is 5.66. The fourth-order valence-corrected chi connectivity index (χ4v) is 1.33. The van der Waals surface area contributed by atoms with Crippen molar-refractivity contribution >= 4 is 5.97 Å². The van der Waals surface area contributed by atoms with Crippen molar-refractivity contribution in [2.75, 3.05) is 13.2 Å². The van der Waals surface area contributed by atoms with E-state index in [1.165, 1.54) is 6.92 Å². The van der Waals surface area contributed by atoms with E-state index in [2.05, 4.69) is 0 Å². The number of aliphatic hydroxyl groups is 3. The fourth-order valence-electron chi connectivity index (χ4n) is 1.33. The summed E-state index contributed by atoms with van der Waals surface area (Å²) >= 11 is 0. The first-order valence-electron chi connectivity index (χ1n) is 4.32. The van der Waals surface area contributed by atoms with Crippen LogP contribution in [0.15, 0.2) is 0 Å². The van der Waals surface area contributed by atoms with Crippen LogP contribution in [0, 0.1) is 0 Å². The standard InChI is InChI=1S/C8H14O6/c1-4(10)14-6-3-13-5(2-9)7(11)8(6)12/h5-9,11-12H,2-3H2,1H3/t5-,6+,7-,8-/m1/s1. The highest BCUT2D eigenvalue weighted by Gasteiger charge is 2.39. The van der Waals surface area contributed by atoms with Crippen molar-refractivity contribution in [3.05, 3.63) is 0 Å². The average molecular weight is 206 g/mol. The predicted molar refractivity (Wildman–Crippen MR) is 44.4 cm³/mol. The SMILES string of the molecule is CC(=O)O[C@H]1CO[C@H](CO)[C@@H](O)[C@@H]1O. The number of aliphatic hydroxyl groups excluding tert-OH is 3. The number of rotatable bonds is 2. The van der Waals surface area contributed by atoms with Crippen LogP contribution >= 0.6 is 0 Å². The number of carbonyl (C=O) groups excluding carboxylic acids is 1. The van der Waals surface area contributed by atoms with Crippen LogP contribution in [0.3, 0.4) is 0 Å². The van der Waals surface area contributed by atoms with E-state index < -0.39 is 30.4 Å². The molecule has 1 rings (SSSR count). The van der Waals surface area contributed by atoms with Crippen molar-refractivity contribution in [2.45, 2.75) is 31.3 Å². The zero-order chi connectivity index (χ0) is 10.7. The van der Waals surface area contributed by atoms with Crippen molar-refractivity contribution in [1.82, 2.24) is 0 Å². The lowest BCUT2D eigenvalue weighted by Gasteiger charge is -2.36. The minimum atomic E-state index is -1.24. The zero-order valence-electron chi connectivity index (χ0n) is 7.79. The predicted octanol–water partition coefficient (Wildman–Crippen LogP) is -1.97. The van der Waals surface area contributed by atoms with Crippen LogP contribution in [0.2, 0.25) is 0 Å².